The van der Waals surface area contributed by atoms with Gasteiger partial charge in [0.2, 0.25) is 5.91 Å². The van der Waals surface area contributed by atoms with Crippen molar-refractivity contribution in [3.05, 3.63) is 11.6 Å². The van der Waals surface area contributed by atoms with E-state index in [0.717, 1.165) is 37.7 Å². The van der Waals surface area contributed by atoms with Crippen LogP contribution >= 0.6 is 0 Å². The predicted octanol–water partition coefficient (Wildman–Crippen LogP) is 2.59. The molecular formula is C15H23NO3. The monoisotopic (exact) mass is 265 g/mol. The van der Waals surface area contributed by atoms with Crippen molar-refractivity contribution in [1.82, 2.24) is 4.90 Å². The van der Waals surface area contributed by atoms with Crippen molar-refractivity contribution in [1.29, 1.82) is 0 Å². The lowest BCUT2D eigenvalue weighted by atomic mass is 9.88. The van der Waals surface area contributed by atoms with Crippen LogP contribution < -0.4 is 0 Å². The number of amides is 1. The number of hydrogen-bond acceptors (Lipinski definition) is 2. The number of aliphatic carboxylic acids is 1. The minimum absolute atomic E-state index is 0.156. The molecule has 2 heterocycles. The van der Waals surface area contributed by atoms with Gasteiger partial charge in [-0.05, 0) is 44.9 Å². The number of carboxylic acid groups (broad SMARTS) is 1. The summed E-state index contributed by atoms with van der Waals surface area (Å²) in [4.78, 5) is 25.3. The number of carbonyl (C=O) groups excluding carboxylic acids is 1. The lowest BCUT2D eigenvalue weighted by Crippen LogP contribution is -2.47. The topological polar surface area (TPSA) is 57.6 Å². The summed E-state index contributed by atoms with van der Waals surface area (Å²) in [5.41, 5.74) is 0.830. The summed E-state index contributed by atoms with van der Waals surface area (Å²) in [6.45, 7) is 3.92. The normalized spacial score (nSPS) is 30.5. The Hall–Kier alpha value is -1.32. The Balaban J connectivity index is 2.05. The van der Waals surface area contributed by atoms with Gasteiger partial charge in [-0.1, -0.05) is 13.0 Å². The molecule has 0 aromatic rings. The van der Waals surface area contributed by atoms with Gasteiger partial charge in [0.05, 0.1) is 0 Å². The molecule has 2 aliphatic heterocycles. The molecule has 4 nitrogen and oxygen atoms in total. The first-order chi connectivity index (χ1) is 9.02. The van der Waals surface area contributed by atoms with Crippen LogP contribution in [0.25, 0.3) is 0 Å². The van der Waals surface area contributed by atoms with Crippen LogP contribution in [-0.4, -0.2) is 34.0 Å². The number of nitrogens with zero attached hydrogens (tertiary/aromatic N) is 1. The lowest BCUT2D eigenvalue weighted by molar-refractivity contribution is -0.139. The SMILES string of the molecule is CCC=C(C)C(=O)N1C2CCC1CC(CC(=O)O)C2. The first kappa shape index (κ1) is 14.1. The van der Waals surface area contributed by atoms with E-state index in [-0.39, 0.29) is 30.3 Å². The highest BCUT2D eigenvalue weighted by Gasteiger charge is 2.43. The number of carbonyl (C=O) groups is 2. The maximum atomic E-state index is 12.4. The van der Waals surface area contributed by atoms with Crippen molar-refractivity contribution >= 4 is 11.9 Å². The van der Waals surface area contributed by atoms with Gasteiger partial charge in [0, 0.05) is 24.1 Å². The molecule has 2 aliphatic rings. The number of hydrogen-bond donors (Lipinski definition) is 1. The largest absolute Gasteiger partial charge is 0.481 e. The van der Waals surface area contributed by atoms with Gasteiger partial charge in [-0.3, -0.25) is 9.59 Å². The molecule has 2 saturated heterocycles. The van der Waals surface area contributed by atoms with Crippen molar-refractivity contribution in [2.45, 2.75) is 64.5 Å². The first-order valence-corrected chi connectivity index (χ1v) is 7.24. The van der Waals surface area contributed by atoms with Crippen LogP contribution in [0.3, 0.4) is 0 Å². The molecule has 2 rings (SSSR count). The minimum Gasteiger partial charge on any atom is -0.481 e. The third kappa shape index (κ3) is 2.99. The summed E-state index contributed by atoms with van der Waals surface area (Å²) in [6.07, 6.45) is 6.88. The van der Waals surface area contributed by atoms with Gasteiger partial charge in [0.25, 0.3) is 0 Å². The van der Waals surface area contributed by atoms with Gasteiger partial charge in [-0.25, -0.2) is 0 Å². The average Bonchev–Trinajstić information content (AvgIpc) is 2.59. The van der Waals surface area contributed by atoms with E-state index in [4.69, 9.17) is 5.11 Å². The van der Waals surface area contributed by atoms with E-state index in [1.54, 1.807) is 0 Å². The Kier molecular flexibility index (Phi) is 4.27. The first-order valence-electron chi connectivity index (χ1n) is 7.24. The molecule has 2 unspecified atom stereocenters. The molecule has 0 saturated carbocycles. The number of carboxylic acids is 1. The van der Waals surface area contributed by atoms with Crippen LogP contribution in [0.5, 0.6) is 0 Å². The van der Waals surface area contributed by atoms with E-state index in [0.29, 0.717) is 0 Å². The molecule has 1 amide bonds. The number of allylic oxidation sites excluding steroid dienone is 1. The van der Waals surface area contributed by atoms with Crippen LogP contribution in [0.2, 0.25) is 0 Å². The zero-order chi connectivity index (χ0) is 14.0. The second-order valence-corrected chi connectivity index (χ2v) is 5.83. The third-order valence-electron chi connectivity index (χ3n) is 4.38. The fourth-order valence-electron chi connectivity index (χ4n) is 3.63. The molecule has 0 radical (unpaired) electrons. The van der Waals surface area contributed by atoms with E-state index >= 15 is 0 Å². The minimum atomic E-state index is -0.716. The Morgan fingerprint density at radius 2 is 1.84 bits per heavy atom. The molecule has 4 heteroatoms. The highest BCUT2D eigenvalue weighted by atomic mass is 16.4. The molecule has 0 spiro atoms. The summed E-state index contributed by atoms with van der Waals surface area (Å²) in [5, 5.41) is 8.90. The lowest BCUT2D eigenvalue weighted by Gasteiger charge is -2.38. The molecule has 2 atom stereocenters. The zero-order valence-corrected chi connectivity index (χ0v) is 11.8. The second kappa shape index (κ2) is 5.76. The van der Waals surface area contributed by atoms with Gasteiger partial charge in [0.15, 0.2) is 0 Å². The maximum absolute atomic E-state index is 12.4. The Morgan fingerprint density at radius 3 is 2.32 bits per heavy atom. The maximum Gasteiger partial charge on any atom is 0.303 e. The highest BCUT2D eigenvalue weighted by molar-refractivity contribution is 5.93. The van der Waals surface area contributed by atoms with Crippen molar-refractivity contribution < 1.29 is 14.7 Å². The Bertz CT molecular complexity index is 388. The third-order valence-corrected chi connectivity index (χ3v) is 4.38. The van der Waals surface area contributed by atoms with Crippen LogP contribution in [0, 0.1) is 5.92 Å². The van der Waals surface area contributed by atoms with Crippen LogP contribution in [-0.2, 0) is 9.59 Å². The van der Waals surface area contributed by atoms with E-state index in [9.17, 15) is 9.59 Å². The van der Waals surface area contributed by atoms with Crippen molar-refractivity contribution in [2.24, 2.45) is 5.92 Å². The molecule has 19 heavy (non-hydrogen) atoms. The summed E-state index contributed by atoms with van der Waals surface area (Å²) >= 11 is 0. The van der Waals surface area contributed by atoms with Gasteiger partial charge < -0.3 is 10.0 Å². The van der Waals surface area contributed by atoms with Gasteiger partial charge >= 0.3 is 5.97 Å². The standard InChI is InChI=1S/C15H23NO3/c1-3-4-10(2)15(19)16-12-5-6-13(16)8-11(7-12)9-14(17)18/h4,11-13H,3,5-9H2,1-2H3,(H,17,18). The summed E-state index contributed by atoms with van der Waals surface area (Å²) in [7, 11) is 0. The van der Waals surface area contributed by atoms with Gasteiger partial charge in [-0.2, -0.15) is 0 Å². The Labute approximate surface area is 114 Å². The van der Waals surface area contributed by atoms with Gasteiger partial charge in [0.1, 0.15) is 0 Å². The fourth-order valence-corrected chi connectivity index (χ4v) is 3.63. The predicted molar refractivity (Wildman–Crippen MR) is 72.7 cm³/mol. The molecule has 0 aromatic heterocycles. The average molecular weight is 265 g/mol. The molecular weight excluding hydrogens is 242 g/mol. The smallest absolute Gasteiger partial charge is 0.303 e. The van der Waals surface area contributed by atoms with E-state index in [1.807, 2.05) is 24.8 Å². The molecule has 1 N–H and O–H groups in total. The van der Waals surface area contributed by atoms with E-state index in [1.165, 1.54) is 0 Å². The highest BCUT2D eigenvalue weighted by Crippen LogP contribution is 2.40. The zero-order valence-electron chi connectivity index (χ0n) is 11.8. The quantitative estimate of drug-likeness (QED) is 0.795. The molecule has 0 aliphatic carbocycles. The van der Waals surface area contributed by atoms with E-state index < -0.39 is 5.97 Å². The molecule has 0 aromatic carbocycles. The fraction of sp³-hybridized carbons (Fsp3) is 0.733. The van der Waals surface area contributed by atoms with Crippen LogP contribution in [0.15, 0.2) is 11.6 Å². The van der Waals surface area contributed by atoms with Crippen molar-refractivity contribution in [3.63, 3.8) is 0 Å². The second-order valence-electron chi connectivity index (χ2n) is 5.83. The van der Waals surface area contributed by atoms with Crippen molar-refractivity contribution in [2.75, 3.05) is 0 Å². The van der Waals surface area contributed by atoms with Gasteiger partial charge in [-0.15, -0.1) is 0 Å². The summed E-state index contributed by atoms with van der Waals surface area (Å²) < 4.78 is 0. The molecule has 2 bridgehead atoms. The number of fused-ring (bicyclic) bond motifs is 2. The van der Waals surface area contributed by atoms with Crippen LogP contribution in [0.1, 0.15) is 52.4 Å². The molecule has 106 valence electrons. The number of rotatable bonds is 4. The van der Waals surface area contributed by atoms with Crippen LogP contribution in [0.4, 0.5) is 0 Å². The number of piperidine rings is 1. The summed E-state index contributed by atoms with van der Waals surface area (Å²) in [5.74, 6) is -0.316. The Morgan fingerprint density at radius 1 is 1.26 bits per heavy atom. The van der Waals surface area contributed by atoms with Crippen molar-refractivity contribution in [3.8, 4) is 0 Å². The summed E-state index contributed by atoms with van der Waals surface area (Å²) in [6, 6.07) is 0.520. The van der Waals surface area contributed by atoms with E-state index in [2.05, 4.69) is 0 Å². The molecule has 2 fully saturated rings.